The number of methoxy groups -OCH3 is 2. The minimum atomic E-state index is 0.544. The number of ether oxygens (including phenoxy) is 2. The molecule has 0 amide bonds. The third-order valence-electron chi connectivity index (χ3n) is 2.18. The first-order valence-corrected chi connectivity index (χ1v) is 5.55. The highest BCUT2D eigenvalue weighted by Crippen LogP contribution is 2.14. The van der Waals surface area contributed by atoms with Crippen LogP contribution in [0.25, 0.3) is 0 Å². The molecule has 2 nitrogen and oxygen atoms in total. The van der Waals surface area contributed by atoms with Crippen LogP contribution in [0.15, 0.2) is 24.2 Å². The summed E-state index contributed by atoms with van der Waals surface area (Å²) in [6.45, 7) is 6.80. The van der Waals surface area contributed by atoms with Gasteiger partial charge in [0.15, 0.2) is 0 Å². The molecule has 0 spiro atoms. The molecule has 0 fully saturated rings. The maximum absolute atomic E-state index is 4.96. The average Bonchev–Trinajstić information content (AvgIpc) is 2.17. The molecule has 0 radical (unpaired) electrons. The summed E-state index contributed by atoms with van der Waals surface area (Å²) in [6.07, 6.45) is 8.36. The van der Waals surface area contributed by atoms with E-state index >= 15 is 0 Å². The molecule has 15 heavy (non-hydrogen) atoms. The van der Waals surface area contributed by atoms with Crippen molar-refractivity contribution in [3.8, 4) is 0 Å². The van der Waals surface area contributed by atoms with Crippen LogP contribution in [-0.2, 0) is 9.47 Å². The minimum absolute atomic E-state index is 0.544. The lowest BCUT2D eigenvalue weighted by Gasteiger charge is -2.10. The lowest BCUT2D eigenvalue weighted by atomic mass is 9.96. The molecule has 88 valence electrons. The number of hydrogen-bond acceptors (Lipinski definition) is 2. The molecular weight excluding hydrogens is 188 g/mol. The lowest BCUT2D eigenvalue weighted by Crippen LogP contribution is -1.98. The van der Waals surface area contributed by atoms with Crippen molar-refractivity contribution < 1.29 is 9.47 Å². The minimum Gasteiger partial charge on any atom is -0.469 e. The van der Waals surface area contributed by atoms with Crippen LogP contribution in [0.5, 0.6) is 0 Å². The van der Waals surface area contributed by atoms with Crippen molar-refractivity contribution in [1.29, 1.82) is 0 Å². The summed E-state index contributed by atoms with van der Waals surface area (Å²) in [4.78, 5) is 0. The monoisotopic (exact) mass is 212 g/mol. The first-order valence-electron chi connectivity index (χ1n) is 5.55. The smallest absolute Gasteiger partial charge is 0.278 e. The Morgan fingerprint density at radius 1 is 1.13 bits per heavy atom. The Labute approximate surface area is 94.0 Å². The largest absolute Gasteiger partial charge is 0.469 e. The lowest BCUT2D eigenvalue weighted by molar-refractivity contribution is 0.0956. The summed E-state index contributed by atoms with van der Waals surface area (Å²) in [6, 6.07) is 0. The molecule has 0 aliphatic heterocycles. The number of allylic oxidation sites excluding steroid dienone is 3. The standard InChI is InChI=1S/C13H24O2/c1-11(2)10-12(3)8-6-7-9-13(14-4)15-5/h6-7,9,11-12H,8,10H2,1-5H3. The van der Waals surface area contributed by atoms with Crippen molar-refractivity contribution in [3.05, 3.63) is 24.2 Å². The summed E-state index contributed by atoms with van der Waals surface area (Å²) in [5.41, 5.74) is 0. The van der Waals surface area contributed by atoms with E-state index in [1.54, 1.807) is 14.2 Å². The molecule has 0 saturated heterocycles. The second kappa shape index (κ2) is 8.39. The Balaban J connectivity index is 3.83. The molecular formula is C13H24O2. The molecule has 0 aromatic rings. The summed E-state index contributed by atoms with van der Waals surface area (Å²) < 4.78 is 9.92. The highest BCUT2D eigenvalue weighted by atomic mass is 16.7. The summed E-state index contributed by atoms with van der Waals surface area (Å²) >= 11 is 0. The van der Waals surface area contributed by atoms with E-state index in [2.05, 4.69) is 26.8 Å². The van der Waals surface area contributed by atoms with Gasteiger partial charge in [0, 0.05) is 6.08 Å². The zero-order chi connectivity index (χ0) is 11.7. The molecule has 0 aliphatic carbocycles. The van der Waals surface area contributed by atoms with Crippen LogP contribution in [0, 0.1) is 11.8 Å². The van der Waals surface area contributed by atoms with Crippen molar-refractivity contribution in [1.82, 2.24) is 0 Å². The van der Waals surface area contributed by atoms with Gasteiger partial charge in [0.25, 0.3) is 5.95 Å². The Morgan fingerprint density at radius 3 is 2.20 bits per heavy atom. The van der Waals surface area contributed by atoms with Gasteiger partial charge in [-0.25, -0.2) is 0 Å². The van der Waals surface area contributed by atoms with E-state index in [-0.39, 0.29) is 0 Å². The highest BCUT2D eigenvalue weighted by Gasteiger charge is 2.01. The maximum atomic E-state index is 4.96. The van der Waals surface area contributed by atoms with Crippen LogP contribution in [0.1, 0.15) is 33.6 Å². The third-order valence-corrected chi connectivity index (χ3v) is 2.18. The van der Waals surface area contributed by atoms with Gasteiger partial charge in [-0.1, -0.05) is 32.9 Å². The Morgan fingerprint density at radius 2 is 1.73 bits per heavy atom. The third kappa shape index (κ3) is 8.10. The summed E-state index contributed by atoms with van der Waals surface area (Å²) in [5.74, 6) is 2.06. The molecule has 0 heterocycles. The Bertz CT molecular complexity index is 199. The predicted octanol–water partition coefficient (Wildman–Crippen LogP) is 3.75. The molecule has 0 saturated carbocycles. The molecule has 0 bridgehead atoms. The molecule has 0 aromatic carbocycles. The highest BCUT2D eigenvalue weighted by molar-refractivity contribution is 5.03. The Kier molecular flexibility index (Phi) is 7.88. The molecule has 2 heteroatoms. The second-order valence-electron chi connectivity index (χ2n) is 4.29. The van der Waals surface area contributed by atoms with Crippen LogP contribution in [0.3, 0.4) is 0 Å². The maximum Gasteiger partial charge on any atom is 0.278 e. The summed E-state index contributed by atoms with van der Waals surface area (Å²) in [7, 11) is 3.20. The summed E-state index contributed by atoms with van der Waals surface area (Å²) in [5, 5.41) is 0. The van der Waals surface area contributed by atoms with Crippen molar-refractivity contribution in [3.63, 3.8) is 0 Å². The number of hydrogen-bond donors (Lipinski definition) is 0. The van der Waals surface area contributed by atoms with Crippen molar-refractivity contribution >= 4 is 0 Å². The molecule has 0 aliphatic rings. The molecule has 1 unspecified atom stereocenters. The zero-order valence-corrected chi connectivity index (χ0v) is 10.6. The van der Waals surface area contributed by atoms with Crippen molar-refractivity contribution in [2.24, 2.45) is 11.8 Å². The first-order chi connectivity index (χ1) is 7.10. The van der Waals surface area contributed by atoms with Crippen LogP contribution in [-0.4, -0.2) is 14.2 Å². The fourth-order valence-corrected chi connectivity index (χ4v) is 1.58. The van der Waals surface area contributed by atoms with Gasteiger partial charge >= 0.3 is 0 Å². The van der Waals surface area contributed by atoms with Gasteiger partial charge in [-0.3, -0.25) is 0 Å². The van der Waals surface area contributed by atoms with Gasteiger partial charge in [0.2, 0.25) is 0 Å². The van der Waals surface area contributed by atoms with Crippen molar-refractivity contribution in [2.75, 3.05) is 14.2 Å². The van der Waals surface area contributed by atoms with Crippen LogP contribution in [0.2, 0.25) is 0 Å². The van der Waals surface area contributed by atoms with E-state index in [0.717, 1.165) is 18.3 Å². The van der Waals surface area contributed by atoms with Crippen LogP contribution < -0.4 is 0 Å². The first kappa shape index (κ1) is 14.1. The second-order valence-corrected chi connectivity index (χ2v) is 4.29. The van der Waals surface area contributed by atoms with E-state index in [0.29, 0.717) is 5.95 Å². The molecule has 0 aromatic heterocycles. The molecule has 0 N–H and O–H groups in total. The van der Waals surface area contributed by atoms with Gasteiger partial charge in [0.1, 0.15) is 0 Å². The normalized spacial score (nSPS) is 12.9. The van der Waals surface area contributed by atoms with Crippen LogP contribution in [0.4, 0.5) is 0 Å². The Hall–Kier alpha value is -0.920. The zero-order valence-electron chi connectivity index (χ0n) is 10.6. The average molecular weight is 212 g/mol. The van der Waals surface area contributed by atoms with Gasteiger partial charge in [-0.2, -0.15) is 0 Å². The van der Waals surface area contributed by atoms with Crippen molar-refractivity contribution in [2.45, 2.75) is 33.6 Å². The predicted molar refractivity (Wildman–Crippen MR) is 64.5 cm³/mol. The quantitative estimate of drug-likeness (QED) is 0.472. The SMILES string of the molecule is COC(=CC=CCC(C)CC(C)C)OC. The fourth-order valence-electron chi connectivity index (χ4n) is 1.58. The van der Waals surface area contributed by atoms with E-state index in [9.17, 15) is 0 Å². The van der Waals surface area contributed by atoms with E-state index < -0.39 is 0 Å². The van der Waals surface area contributed by atoms with E-state index in [1.807, 2.05) is 12.2 Å². The van der Waals surface area contributed by atoms with E-state index in [4.69, 9.17) is 9.47 Å². The molecule has 1 atom stereocenters. The molecule has 0 rings (SSSR count). The fraction of sp³-hybridized carbons (Fsp3) is 0.692. The topological polar surface area (TPSA) is 18.5 Å². The van der Waals surface area contributed by atoms with Gasteiger partial charge < -0.3 is 9.47 Å². The van der Waals surface area contributed by atoms with Crippen LogP contribution >= 0.6 is 0 Å². The van der Waals surface area contributed by atoms with Gasteiger partial charge in [-0.15, -0.1) is 0 Å². The van der Waals surface area contributed by atoms with Gasteiger partial charge in [0.05, 0.1) is 14.2 Å². The van der Waals surface area contributed by atoms with Gasteiger partial charge in [-0.05, 0) is 24.7 Å². The number of rotatable bonds is 7. The van der Waals surface area contributed by atoms with E-state index in [1.165, 1.54) is 6.42 Å².